The van der Waals surface area contributed by atoms with Crippen molar-refractivity contribution >= 4 is 16.5 Å². The van der Waals surface area contributed by atoms with Gasteiger partial charge in [-0.25, -0.2) is 0 Å². The van der Waals surface area contributed by atoms with Crippen molar-refractivity contribution in [1.82, 2.24) is 15.4 Å². The number of nitrogens with zero attached hydrogens (tertiary/aromatic N) is 4. The topological polar surface area (TPSA) is 55.1 Å². The van der Waals surface area contributed by atoms with Gasteiger partial charge in [0.2, 0.25) is 5.13 Å². The molecule has 1 fully saturated rings. The molecule has 0 saturated carbocycles. The molecule has 3 heterocycles. The zero-order chi connectivity index (χ0) is 15.7. The van der Waals surface area contributed by atoms with Crippen molar-refractivity contribution in [3.8, 4) is 10.7 Å². The van der Waals surface area contributed by atoms with E-state index in [1.54, 1.807) is 17.6 Å². The number of hydrogen-bond acceptors (Lipinski definition) is 6. The molecule has 23 heavy (non-hydrogen) atoms. The Morgan fingerprint density at radius 1 is 1.17 bits per heavy atom. The molecule has 1 aromatic carbocycles. The minimum Gasteiger partial charge on any atom is -0.364 e. The lowest BCUT2D eigenvalue weighted by atomic mass is 9.76. The minimum atomic E-state index is 0.152. The summed E-state index contributed by atoms with van der Waals surface area (Å²) in [5, 5.41) is 14.3. The highest BCUT2D eigenvalue weighted by molar-refractivity contribution is 7.18. The van der Waals surface area contributed by atoms with Gasteiger partial charge in [0.25, 0.3) is 0 Å². The van der Waals surface area contributed by atoms with E-state index in [1.807, 2.05) is 6.07 Å². The van der Waals surface area contributed by atoms with Crippen molar-refractivity contribution in [2.75, 3.05) is 18.0 Å². The third-order valence-corrected chi connectivity index (χ3v) is 5.52. The Kier molecular flexibility index (Phi) is 3.61. The highest BCUT2D eigenvalue weighted by atomic mass is 32.1. The van der Waals surface area contributed by atoms with Crippen molar-refractivity contribution < 1.29 is 4.52 Å². The van der Waals surface area contributed by atoms with Crippen LogP contribution in [-0.2, 0) is 5.41 Å². The van der Waals surface area contributed by atoms with Crippen LogP contribution in [0.25, 0.3) is 10.7 Å². The molecule has 0 bridgehead atoms. The lowest BCUT2D eigenvalue weighted by molar-refractivity contribution is 0.373. The molecule has 3 aromatic rings. The molecule has 1 atom stereocenters. The average Bonchev–Trinajstić information content (AvgIpc) is 3.27. The number of anilines is 1. The molecule has 1 saturated heterocycles. The summed E-state index contributed by atoms with van der Waals surface area (Å²) in [7, 11) is 0. The molecular formula is C17H18N4OS. The third-order valence-electron chi connectivity index (χ3n) is 4.51. The lowest BCUT2D eigenvalue weighted by Gasteiger charge is -2.40. The first kappa shape index (κ1) is 14.4. The van der Waals surface area contributed by atoms with E-state index in [2.05, 4.69) is 57.5 Å². The molecule has 0 amide bonds. The van der Waals surface area contributed by atoms with Gasteiger partial charge in [0, 0.05) is 24.6 Å². The summed E-state index contributed by atoms with van der Waals surface area (Å²) >= 11 is 1.57. The molecule has 1 unspecified atom stereocenters. The summed E-state index contributed by atoms with van der Waals surface area (Å²) in [6.45, 7) is 4.33. The second kappa shape index (κ2) is 5.77. The van der Waals surface area contributed by atoms with Gasteiger partial charge in [-0.1, -0.05) is 53.7 Å². The van der Waals surface area contributed by atoms with E-state index < -0.39 is 0 Å². The molecular weight excluding hydrogens is 308 g/mol. The number of rotatable bonds is 3. The zero-order valence-corrected chi connectivity index (χ0v) is 13.8. The predicted molar refractivity (Wildman–Crippen MR) is 90.6 cm³/mol. The Morgan fingerprint density at radius 2 is 2.04 bits per heavy atom. The van der Waals surface area contributed by atoms with Crippen LogP contribution in [0.15, 0.2) is 47.2 Å². The van der Waals surface area contributed by atoms with Gasteiger partial charge in [0.1, 0.15) is 12.0 Å². The minimum absolute atomic E-state index is 0.152. The Labute approximate surface area is 139 Å². The SMILES string of the molecule is CC1(c2ccccc2)CCCN(c2nnc(-c3ccon3)s2)C1. The van der Waals surface area contributed by atoms with Crippen molar-refractivity contribution in [3.63, 3.8) is 0 Å². The second-order valence-corrected chi connectivity index (χ2v) is 7.18. The average molecular weight is 326 g/mol. The Morgan fingerprint density at radius 3 is 2.83 bits per heavy atom. The van der Waals surface area contributed by atoms with E-state index in [1.165, 1.54) is 12.0 Å². The molecule has 118 valence electrons. The van der Waals surface area contributed by atoms with Gasteiger partial charge in [0.15, 0.2) is 5.01 Å². The van der Waals surface area contributed by atoms with Crippen LogP contribution in [0, 0.1) is 0 Å². The smallest absolute Gasteiger partial charge is 0.208 e. The van der Waals surface area contributed by atoms with Crippen molar-refractivity contribution in [2.45, 2.75) is 25.2 Å². The summed E-state index contributed by atoms with van der Waals surface area (Å²) in [5.41, 5.74) is 2.29. The second-order valence-electron chi connectivity index (χ2n) is 6.23. The largest absolute Gasteiger partial charge is 0.364 e. The molecule has 5 nitrogen and oxygen atoms in total. The van der Waals surface area contributed by atoms with Crippen LogP contribution in [0.4, 0.5) is 5.13 Å². The van der Waals surface area contributed by atoms with Crippen LogP contribution >= 0.6 is 11.3 Å². The fourth-order valence-electron chi connectivity index (χ4n) is 3.25. The first-order valence-electron chi connectivity index (χ1n) is 7.79. The number of piperidine rings is 1. The molecule has 4 rings (SSSR count). The van der Waals surface area contributed by atoms with Crippen LogP contribution in [-0.4, -0.2) is 28.4 Å². The van der Waals surface area contributed by atoms with E-state index in [-0.39, 0.29) is 5.41 Å². The van der Waals surface area contributed by atoms with Gasteiger partial charge in [-0.15, -0.1) is 10.2 Å². The monoisotopic (exact) mass is 326 g/mol. The molecule has 0 spiro atoms. The third kappa shape index (κ3) is 2.74. The molecule has 1 aliphatic rings. The maximum absolute atomic E-state index is 4.89. The van der Waals surface area contributed by atoms with E-state index >= 15 is 0 Å². The molecule has 0 N–H and O–H groups in total. The van der Waals surface area contributed by atoms with Crippen LogP contribution in [0.3, 0.4) is 0 Å². The highest BCUT2D eigenvalue weighted by Crippen LogP contribution is 2.37. The van der Waals surface area contributed by atoms with Crippen LogP contribution in [0.5, 0.6) is 0 Å². The first-order chi connectivity index (χ1) is 11.2. The number of hydrogen-bond donors (Lipinski definition) is 0. The van der Waals surface area contributed by atoms with Crippen molar-refractivity contribution in [3.05, 3.63) is 48.2 Å². The molecule has 2 aromatic heterocycles. The van der Waals surface area contributed by atoms with E-state index in [9.17, 15) is 0 Å². The summed E-state index contributed by atoms with van der Waals surface area (Å²) in [6.07, 6.45) is 3.91. The molecule has 0 radical (unpaired) electrons. The lowest BCUT2D eigenvalue weighted by Crippen LogP contribution is -2.44. The summed E-state index contributed by atoms with van der Waals surface area (Å²) in [6, 6.07) is 12.6. The van der Waals surface area contributed by atoms with Gasteiger partial charge in [-0.05, 0) is 18.4 Å². The van der Waals surface area contributed by atoms with Crippen LogP contribution < -0.4 is 4.90 Å². The van der Waals surface area contributed by atoms with Gasteiger partial charge >= 0.3 is 0 Å². The number of aromatic nitrogens is 3. The van der Waals surface area contributed by atoms with Gasteiger partial charge < -0.3 is 9.42 Å². The maximum Gasteiger partial charge on any atom is 0.208 e. The van der Waals surface area contributed by atoms with E-state index in [0.29, 0.717) is 0 Å². The van der Waals surface area contributed by atoms with E-state index in [4.69, 9.17) is 4.52 Å². The number of benzene rings is 1. The van der Waals surface area contributed by atoms with Gasteiger partial charge in [-0.3, -0.25) is 0 Å². The molecule has 1 aliphatic heterocycles. The van der Waals surface area contributed by atoms with Crippen molar-refractivity contribution in [2.24, 2.45) is 0 Å². The highest BCUT2D eigenvalue weighted by Gasteiger charge is 2.33. The molecule has 0 aliphatic carbocycles. The summed E-state index contributed by atoms with van der Waals surface area (Å²) in [4.78, 5) is 2.34. The fraction of sp³-hybridized carbons (Fsp3) is 0.353. The summed E-state index contributed by atoms with van der Waals surface area (Å²) < 4.78 is 4.89. The first-order valence-corrected chi connectivity index (χ1v) is 8.61. The van der Waals surface area contributed by atoms with Crippen LogP contribution in [0.2, 0.25) is 0 Å². The normalized spacial score (nSPS) is 21.5. The summed E-state index contributed by atoms with van der Waals surface area (Å²) in [5.74, 6) is 0. The predicted octanol–water partition coefficient (Wildman–Crippen LogP) is 3.75. The zero-order valence-electron chi connectivity index (χ0n) is 13.0. The molecule has 6 heteroatoms. The Bertz CT molecular complexity index is 771. The Balaban J connectivity index is 1.58. The van der Waals surface area contributed by atoms with E-state index in [0.717, 1.165) is 35.3 Å². The maximum atomic E-state index is 4.89. The fourth-order valence-corrected chi connectivity index (χ4v) is 4.08. The van der Waals surface area contributed by atoms with Crippen molar-refractivity contribution in [1.29, 1.82) is 0 Å². The van der Waals surface area contributed by atoms with Gasteiger partial charge in [0.05, 0.1) is 0 Å². The van der Waals surface area contributed by atoms with Gasteiger partial charge in [-0.2, -0.15) is 0 Å². The quantitative estimate of drug-likeness (QED) is 0.733. The Hall–Kier alpha value is -2.21. The van der Waals surface area contributed by atoms with Crippen LogP contribution in [0.1, 0.15) is 25.3 Å². The standard InChI is InChI=1S/C17H18N4OS/c1-17(13-6-3-2-4-7-13)9-5-10-21(12-17)16-19-18-15(23-16)14-8-11-22-20-14/h2-4,6-8,11H,5,9-10,12H2,1H3.